The van der Waals surface area contributed by atoms with Gasteiger partial charge >= 0.3 is 12.1 Å². The number of hydrogen-bond donors (Lipinski definition) is 0. The number of carbonyl (C=O) groups is 2. The van der Waals surface area contributed by atoms with E-state index in [0.29, 0.717) is 0 Å². The van der Waals surface area contributed by atoms with E-state index in [0.717, 1.165) is 0 Å². The van der Waals surface area contributed by atoms with Crippen LogP contribution in [0.3, 0.4) is 0 Å². The van der Waals surface area contributed by atoms with E-state index in [2.05, 4.69) is 20.8 Å². The van der Waals surface area contributed by atoms with Crippen LogP contribution in [0.5, 0.6) is 0 Å². The molecule has 0 radical (unpaired) electrons. The van der Waals surface area contributed by atoms with Gasteiger partial charge in [-0.05, 0) is 6.92 Å². The maximum absolute atomic E-state index is 11.0. The van der Waals surface area contributed by atoms with Gasteiger partial charge < -0.3 is 14.2 Å². The summed E-state index contributed by atoms with van der Waals surface area (Å²) in [5, 5.41) is 0. The van der Waals surface area contributed by atoms with E-state index >= 15 is 0 Å². The van der Waals surface area contributed by atoms with Crippen molar-refractivity contribution in [1.29, 1.82) is 0 Å². The molecule has 1 rings (SSSR count). The van der Waals surface area contributed by atoms with Crippen LogP contribution in [0.1, 0.15) is 6.92 Å². The molecule has 0 bridgehead atoms. The lowest BCUT2D eigenvalue weighted by Crippen LogP contribution is -2.24. The summed E-state index contributed by atoms with van der Waals surface area (Å²) in [7, 11) is 0. The first-order chi connectivity index (χ1) is 5.59. The maximum atomic E-state index is 11.0. The molecule has 0 aliphatic carbocycles. The predicted octanol–water partition coefficient (Wildman–Crippen LogP) is 0.599. The second-order valence-corrected chi connectivity index (χ2v) is 2.29. The molecular formula is C7H8O5. The molecule has 1 aliphatic rings. The van der Waals surface area contributed by atoms with Crippen molar-refractivity contribution < 1.29 is 23.8 Å². The van der Waals surface area contributed by atoms with Gasteiger partial charge in [0.05, 0.1) is 5.76 Å². The van der Waals surface area contributed by atoms with E-state index in [1.165, 1.54) is 6.92 Å². The van der Waals surface area contributed by atoms with Gasteiger partial charge in [-0.3, -0.25) is 0 Å². The minimum atomic E-state index is -0.950. The molecule has 0 aromatic carbocycles. The SMILES string of the molecule is C=C(C)OC(=O)C1COC(=O)O1. The van der Waals surface area contributed by atoms with Gasteiger partial charge in [0.25, 0.3) is 0 Å². The Morgan fingerprint density at radius 3 is 2.83 bits per heavy atom. The zero-order valence-corrected chi connectivity index (χ0v) is 6.53. The van der Waals surface area contributed by atoms with Crippen molar-refractivity contribution in [1.82, 2.24) is 0 Å². The molecule has 0 aromatic rings. The summed E-state index contributed by atoms with van der Waals surface area (Å²) in [5.41, 5.74) is 0. The summed E-state index contributed by atoms with van der Waals surface area (Å²) in [6.07, 6.45) is -1.80. The normalized spacial score (nSPS) is 21.1. The summed E-state index contributed by atoms with van der Waals surface area (Å²) in [4.78, 5) is 21.3. The molecule has 0 saturated carbocycles. The number of ether oxygens (including phenoxy) is 3. The summed E-state index contributed by atoms with van der Waals surface area (Å²) < 4.78 is 13.4. The Morgan fingerprint density at radius 1 is 1.75 bits per heavy atom. The lowest BCUT2D eigenvalue weighted by molar-refractivity contribution is -0.147. The molecule has 66 valence electrons. The minimum absolute atomic E-state index is 0.0923. The van der Waals surface area contributed by atoms with E-state index in [4.69, 9.17) is 0 Å². The molecule has 5 heteroatoms. The molecule has 5 nitrogen and oxygen atoms in total. The van der Waals surface area contributed by atoms with Gasteiger partial charge in [-0.2, -0.15) is 0 Å². The summed E-state index contributed by atoms with van der Waals surface area (Å²) >= 11 is 0. The standard InChI is InChI=1S/C7H8O5/c1-4(2)11-6(8)5-3-10-7(9)12-5/h5H,1,3H2,2H3. The fourth-order valence-corrected chi connectivity index (χ4v) is 0.682. The van der Waals surface area contributed by atoms with Crippen molar-refractivity contribution >= 4 is 12.1 Å². The summed E-state index contributed by atoms with van der Waals surface area (Å²) in [6, 6.07) is 0. The Bertz CT molecular complexity index is 232. The van der Waals surface area contributed by atoms with Crippen molar-refractivity contribution in [2.75, 3.05) is 6.61 Å². The van der Waals surface area contributed by atoms with Gasteiger partial charge in [0.1, 0.15) is 6.61 Å². The summed E-state index contributed by atoms with van der Waals surface area (Å²) in [5.74, 6) is -0.406. The summed E-state index contributed by atoms with van der Waals surface area (Å²) in [6.45, 7) is 4.79. The van der Waals surface area contributed by atoms with Crippen molar-refractivity contribution in [2.24, 2.45) is 0 Å². The minimum Gasteiger partial charge on any atom is -0.430 e. The van der Waals surface area contributed by atoms with Crippen LogP contribution in [-0.4, -0.2) is 24.8 Å². The second kappa shape index (κ2) is 3.25. The van der Waals surface area contributed by atoms with E-state index in [9.17, 15) is 9.59 Å². The molecule has 0 spiro atoms. The number of carbonyl (C=O) groups excluding carboxylic acids is 2. The van der Waals surface area contributed by atoms with Crippen molar-refractivity contribution in [3.63, 3.8) is 0 Å². The van der Waals surface area contributed by atoms with Gasteiger partial charge in [-0.15, -0.1) is 0 Å². The highest BCUT2D eigenvalue weighted by molar-refractivity contribution is 5.80. The Labute approximate surface area is 68.9 Å². The third kappa shape index (κ3) is 1.98. The fraction of sp³-hybridized carbons (Fsp3) is 0.429. The van der Waals surface area contributed by atoms with Crippen LogP contribution in [0, 0.1) is 0 Å². The highest BCUT2D eigenvalue weighted by Gasteiger charge is 2.33. The van der Waals surface area contributed by atoms with Crippen LogP contribution in [0.4, 0.5) is 4.79 Å². The Balaban J connectivity index is 2.43. The molecule has 1 aliphatic heterocycles. The number of allylic oxidation sites excluding steroid dienone is 1. The number of rotatable bonds is 2. The molecule has 1 fully saturated rings. The zero-order chi connectivity index (χ0) is 9.14. The van der Waals surface area contributed by atoms with Gasteiger partial charge in [0, 0.05) is 0 Å². The van der Waals surface area contributed by atoms with Crippen LogP contribution in [0.15, 0.2) is 12.3 Å². The molecule has 1 unspecified atom stereocenters. The topological polar surface area (TPSA) is 61.8 Å². The molecule has 0 amide bonds. The Morgan fingerprint density at radius 2 is 2.42 bits per heavy atom. The van der Waals surface area contributed by atoms with Crippen molar-refractivity contribution in [2.45, 2.75) is 13.0 Å². The largest absolute Gasteiger partial charge is 0.509 e. The quantitative estimate of drug-likeness (QED) is 0.450. The molecular weight excluding hydrogens is 164 g/mol. The van der Waals surface area contributed by atoms with Crippen LogP contribution < -0.4 is 0 Å². The monoisotopic (exact) mass is 172 g/mol. The molecule has 1 atom stereocenters. The van der Waals surface area contributed by atoms with E-state index < -0.39 is 18.2 Å². The molecule has 0 N–H and O–H groups in total. The van der Waals surface area contributed by atoms with E-state index in [-0.39, 0.29) is 12.4 Å². The Kier molecular flexibility index (Phi) is 2.32. The van der Waals surface area contributed by atoms with Gasteiger partial charge in [-0.1, -0.05) is 6.58 Å². The number of cyclic esters (lactones) is 2. The highest BCUT2D eigenvalue weighted by Crippen LogP contribution is 2.09. The molecule has 1 saturated heterocycles. The maximum Gasteiger partial charge on any atom is 0.509 e. The van der Waals surface area contributed by atoms with Gasteiger partial charge in [-0.25, -0.2) is 9.59 Å². The van der Waals surface area contributed by atoms with Crippen LogP contribution in [0.2, 0.25) is 0 Å². The average molecular weight is 172 g/mol. The van der Waals surface area contributed by atoms with Crippen LogP contribution >= 0.6 is 0 Å². The number of hydrogen-bond acceptors (Lipinski definition) is 5. The fourth-order valence-electron chi connectivity index (χ4n) is 0.682. The first-order valence-corrected chi connectivity index (χ1v) is 3.30. The third-order valence-electron chi connectivity index (χ3n) is 1.13. The predicted molar refractivity (Wildman–Crippen MR) is 37.1 cm³/mol. The molecule has 12 heavy (non-hydrogen) atoms. The first kappa shape index (κ1) is 8.58. The van der Waals surface area contributed by atoms with E-state index in [1.54, 1.807) is 0 Å². The number of esters is 1. The zero-order valence-electron chi connectivity index (χ0n) is 6.53. The van der Waals surface area contributed by atoms with Crippen molar-refractivity contribution in [3.05, 3.63) is 12.3 Å². The van der Waals surface area contributed by atoms with Crippen LogP contribution in [-0.2, 0) is 19.0 Å². The third-order valence-corrected chi connectivity index (χ3v) is 1.13. The van der Waals surface area contributed by atoms with Gasteiger partial charge in [0.15, 0.2) is 0 Å². The van der Waals surface area contributed by atoms with Gasteiger partial charge in [0.2, 0.25) is 6.10 Å². The highest BCUT2D eigenvalue weighted by atomic mass is 16.8. The van der Waals surface area contributed by atoms with Crippen molar-refractivity contribution in [3.8, 4) is 0 Å². The Hall–Kier alpha value is -1.52. The first-order valence-electron chi connectivity index (χ1n) is 3.30. The second-order valence-electron chi connectivity index (χ2n) is 2.29. The van der Waals surface area contributed by atoms with E-state index in [1.807, 2.05) is 0 Å². The average Bonchev–Trinajstić information content (AvgIpc) is 2.34. The lowest BCUT2D eigenvalue weighted by Gasteiger charge is -2.05. The molecule has 0 aromatic heterocycles. The van der Waals surface area contributed by atoms with Crippen LogP contribution in [0.25, 0.3) is 0 Å². The smallest absolute Gasteiger partial charge is 0.430 e. The lowest BCUT2D eigenvalue weighted by atomic mass is 10.4. The molecule has 1 heterocycles.